The van der Waals surface area contributed by atoms with Gasteiger partial charge in [-0.3, -0.25) is 14.4 Å². The summed E-state index contributed by atoms with van der Waals surface area (Å²) in [5, 5.41) is 12.8. The fraction of sp³-hybridized carbons (Fsp3) is 0.400. The molecule has 1 aromatic rings. The van der Waals surface area contributed by atoms with Gasteiger partial charge in [-0.15, -0.1) is 0 Å². The van der Waals surface area contributed by atoms with E-state index in [1.54, 1.807) is 35.6 Å². The van der Waals surface area contributed by atoms with Gasteiger partial charge in [0.05, 0.1) is 6.04 Å². The first-order chi connectivity index (χ1) is 11.2. The number of carboxylic acids is 1. The van der Waals surface area contributed by atoms with E-state index in [0.717, 1.165) is 0 Å². The molecular formula is C15H17F3N2O4. The Hall–Kier alpha value is -2.58. The van der Waals surface area contributed by atoms with Crippen LogP contribution in [-0.4, -0.2) is 35.6 Å². The predicted molar refractivity (Wildman–Crippen MR) is 77.9 cm³/mol. The highest BCUT2D eigenvalue weighted by Gasteiger charge is 2.28. The Bertz CT molecular complexity index is 576. The predicted octanol–water partition coefficient (Wildman–Crippen LogP) is 1.78. The molecule has 1 aromatic carbocycles. The van der Waals surface area contributed by atoms with Crippen LogP contribution in [0.25, 0.3) is 0 Å². The average molecular weight is 346 g/mol. The van der Waals surface area contributed by atoms with Crippen molar-refractivity contribution in [3.8, 4) is 0 Å². The van der Waals surface area contributed by atoms with Crippen molar-refractivity contribution >= 4 is 17.8 Å². The van der Waals surface area contributed by atoms with Gasteiger partial charge in [0.25, 0.3) is 0 Å². The van der Waals surface area contributed by atoms with E-state index in [0.29, 0.717) is 5.56 Å². The van der Waals surface area contributed by atoms with Gasteiger partial charge in [-0.1, -0.05) is 30.3 Å². The maximum Gasteiger partial charge on any atom is 0.405 e. The highest BCUT2D eigenvalue weighted by atomic mass is 19.4. The number of halogens is 3. The summed E-state index contributed by atoms with van der Waals surface area (Å²) in [6, 6.07) is 7.85. The topological polar surface area (TPSA) is 95.5 Å². The van der Waals surface area contributed by atoms with E-state index < -0.39 is 43.0 Å². The number of nitrogens with one attached hydrogen (secondary N) is 2. The van der Waals surface area contributed by atoms with Crippen LogP contribution < -0.4 is 10.6 Å². The molecule has 0 aromatic heterocycles. The van der Waals surface area contributed by atoms with Gasteiger partial charge >= 0.3 is 12.1 Å². The molecule has 0 heterocycles. The van der Waals surface area contributed by atoms with E-state index in [1.165, 1.54) is 0 Å². The second kappa shape index (κ2) is 8.90. The van der Waals surface area contributed by atoms with Crippen molar-refractivity contribution < 1.29 is 32.7 Å². The number of carboxylic acid groups (broad SMARTS) is 1. The van der Waals surface area contributed by atoms with Gasteiger partial charge in [-0.2, -0.15) is 13.2 Å². The maximum absolute atomic E-state index is 12.0. The summed E-state index contributed by atoms with van der Waals surface area (Å²) in [6.45, 7) is -1.51. The first kappa shape index (κ1) is 19.5. The average Bonchev–Trinajstić information content (AvgIpc) is 2.49. The van der Waals surface area contributed by atoms with Crippen LogP contribution in [0, 0.1) is 0 Å². The first-order valence-electron chi connectivity index (χ1n) is 7.07. The highest BCUT2D eigenvalue weighted by Crippen LogP contribution is 2.18. The summed E-state index contributed by atoms with van der Waals surface area (Å²) in [4.78, 5) is 33.8. The third-order valence-corrected chi connectivity index (χ3v) is 2.99. The molecule has 0 saturated heterocycles. The van der Waals surface area contributed by atoms with Gasteiger partial charge < -0.3 is 15.7 Å². The molecule has 0 bridgehead atoms. The van der Waals surface area contributed by atoms with E-state index in [2.05, 4.69) is 5.32 Å². The molecule has 6 nitrogen and oxygen atoms in total. The molecule has 0 radical (unpaired) electrons. The fourth-order valence-corrected chi connectivity index (χ4v) is 1.93. The summed E-state index contributed by atoms with van der Waals surface area (Å²) in [5.41, 5.74) is 0.641. The number of hydrogen-bond acceptors (Lipinski definition) is 3. The zero-order chi connectivity index (χ0) is 18.2. The maximum atomic E-state index is 12.0. The lowest BCUT2D eigenvalue weighted by Crippen LogP contribution is -2.38. The van der Waals surface area contributed by atoms with Gasteiger partial charge in [0.2, 0.25) is 11.8 Å². The Labute approximate surface area is 136 Å². The second-order valence-electron chi connectivity index (χ2n) is 5.03. The summed E-state index contributed by atoms with van der Waals surface area (Å²) >= 11 is 0. The molecule has 0 aliphatic heterocycles. The number of carbonyl (C=O) groups is 3. The van der Waals surface area contributed by atoms with Crippen LogP contribution in [0.1, 0.15) is 30.9 Å². The zero-order valence-corrected chi connectivity index (χ0v) is 12.6. The molecule has 1 atom stereocenters. The number of alkyl halides is 3. The van der Waals surface area contributed by atoms with Crippen molar-refractivity contribution in [3.05, 3.63) is 35.9 Å². The Kier molecular flexibility index (Phi) is 7.22. The summed E-state index contributed by atoms with van der Waals surface area (Å²) in [6.07, 6.45) is -5.44. The van der Waals surface area contributed by atoms with Crippen LogP contribution in [-0.2, 0) is 14.4 Å². The number of carbonyl (C=O) groups excluding carboxylic acids is 2. The number of amides is 2. The first-order valence-corrected chi connectivity index (χ1v) is 7.07. The van der Waals surface area contributed by atoms with Crippen LogP contribution in [0.2, 0.25) is 0 Å². The fourth-order valence-electron chi connectivity index (χ4n) is 1.93. The molecule has 24 heavy (non-hydrogen) atoms. The van der Waals surface area contributed by atoms with Crippen molar-refractivity contribution in [1.82, 2.24) is 10.6 Å². The van der Waals surface area contributed by atoms with Gasteiger partial charge in [0.15, 0.2) is 0 Å². The Morgan fingerprint density at radius 1 is 1.08 bits per heavy atom. The van der Waals surface area contributed by atoms with Gasteiger partial charge in [-0.05, 0) is 12.0 Å². The van der Waals surface area contributed by atoms with Crippen molar-refractivity contribution in [1.29, 1.82) is 0 Å². The molecule has 1 unspecified atom stereocenters. The van der Waals surface area contributed by atoms with E-state index in [1.807, 2.05) is 0 Å². The summed E-state index contributed by atoms with van der Waals surface area (Å²) in [5.74, 6) is -2.89. The Balaban J connectivity index is 2.60. The Morgan fingerprint density at radius 2 is 1.71 bits per heavy atom. The summed E-state index contributed by atoms with van der Waals surface area (Å²) in [7, 11) is 0. The molecule has 132 valence electrons. The molecule has 0 fully saturated rings. The number of rotatable bonds is 8. The van der Waals surface area contributed by atoms with E-state index >= 15 is 0 Å². The zero-order valence-electron chi connectivity index (χ0n) is 12.6. The summed E-state index contributed by atoms with van der Waals surface area (Å²) < 4.78 is 36.0. The molecule has 0 aliphatic rings. The van der Waals surface area contributed by atoms with Crippen LogP contribution >= 0.6 is 0 Å². The van der Waals surface area contributed by atoms with Gasteiger partial charge in [-0.25, -0.2) is 0 Å². The van der Waals surface area contributed by atoms with Crippen molar-refractivity contribution in [2.24, 2.45) is 0 Å². The number of benzene rings is 1. The van der Waals surface area contributed by atoms with Crippen molar-refractivity contribution in [2.75, 3.05) is 6.54 Å². The molecule has 2 amide bonds. The minimum absolute atomic E-state index is 0.0925. The molecule has 9 heteroatoms. The third kappa shape index (κ3) is 8.16. The van der Waals surface area contributed by atoms with E-state index in [4.69, 9.17) is 5.11 Å². The largest absolute Gasteiger partial charge is 0.481 e. The van der Waals surface area contributed by atoms with Gasteiger partial charge in [0.1, 0.15) is 13.0 Å². The highest BCUT2D eigenvalue weighted by molar-refractivity contribution is 5.97. The normalized spacial score (nSPS) is 12.3. The number of hydrogen-bond donors (Lipinski definition) is 3. The lowest BCUT2D eigenvalue weighted by molar-refractivity contribution is -0.141. The van der Waals surface area contributed by atoms with Crippen LogP contribution in [0.15, 0.2) is 30.3 Å². The third-order valence-electron chi connectivity index (χ3n) is 2.99. The van der Waals surface area contributed by atoms with Gasteiger partial charge in [0, 0.05) is 6.42 Å². The minimum Gasteiger partial charge on any atom is -0.481 e. The lowest BCUT2D eigenvalue weighted by Gasteiger charge is -2.18. The number of aliphatic carboxylic acids is 1. The molecule has 3 N–H and O–H groups in total. The standard InChI is InChI=1S/C15H17F3N2O4/c16-15(17,18)9-19-12(21)8-13(22)20-11(6-7-14(23)24)10-4-2-1-3-5-10/h1-5,11H,6-9H2,(H,19,21)(H,20,22)(H,23,24). The molecule has 0 saturated carbocycles. The molecule has 0 spiro atoms. The molecular weight excluding hydrogens is 329 g/mol. The second-order valence-corrected chi connectivity index (χ2v) is 5.03. The lowest BCUT2D eigenvalue weighted by atomic mass is 10.0. The van der Waals surface area contributed by atoms with Crippen LogP contribution in [0.4, 0.5) is 13.2 Å². The monoisotopic (exact) mass is 346 g/mol. The molecule has 0 aliphatic carbocycles. The van der Waals surface area contributed by atoms with E-state index in [-0.39, 0.29) is 12.8 Å². The van der Waals surface area contributed by atoms with E-state index in [9.17, 15) is 27.6 Å². The minimum atomic E-state index is -4.56. The van der Waals surface area contributed by atoms with Crippen LogP contribution in [0.5, 0.6) is 0 Å². The smallest absolute Gasteiger partial charge is 0.405 e. The van der Waals surface area contributed by atoms with Crippen LogP contribution in [0.3, 0.4) is 0 Å². The van der Waals surface area contributed by atoms with Crippen molar-refractivity contribution in [3.63, 3.8) is 0 Å². The van der Waals surface area contributed by atoms with Crippen molar-refractivity contribution in [2.45, 2.75) is 31.5 Å². The molecule has 1 rings (SSSR count). The quantitative estimate of drug-likeness (QED) is 0.625. The Morgan fingerprint density at radius 3 is 2.25 bits per heavy atom. The SMILES string of the molecule is O=C(O)CCC(NC(=O)CC(=O)NCC(F)(F)F)c1ccccc1.